The van der Waals surface area contributed by atoms with Crippen LogP contribution in [0.3, 0.4) is 0 Å². The molecule has 1 saturated carbocycles. The smallest absolute Gasteiger partial charge is 0.227 e. The van der Waals surface area contributed by atoms with Crippen molar-refractivity contribution in [3.8, 4) is 0 Å². The van der Waals surface area contributed by atoms with E-state index in [2.05, 4.69) is 12.2 Å². The number of nitrogens with one attached hydrogen (secondary N) is 1. The first-order valence-electron chi connectivity index (χ1n) is 7.79. The minimum absolute atomic E-state index is 0. The molecular formula is C17H27ClN2O. The van der Waals surface area contributed by atoms with Gasteiger partial charge in [-0.05, 0) is 37.2 Å². The van der Waals surface area contributed by atoms with Gasteiger partial charge < -0.3 is 11.1 Å². The van der Waals surface area contributed by atoms with E-state index in [-0.39, 0.29) is 24.2 Å². The molecular weight excluding hydrogens is 284 g/mol. The number of amides is 1. The van der Waals surface area contributed by atoms with Crippen molar-refractivity contribution in [2.75, 3.05) is 6.54 Å². The Morgan fingerprint density at radius 2 is 2.05 bits per heavy atom. The third-order valence-corrected chi connectivity index (χ3v) is 4.32. The molecule has 0 heterocycles. The van der Waals surface area contributed by atoms with Gasteiger partial charge in [-0.25, -0.2) is 0 Å². The fourth-order valence-electron chi connectivity index (χ4n) is 3.14. The van der Waals surface area contributed by atoms with Crippen LogP contribution < -0.4 is 11.1 Å². The maximum Gasteiger partial charge on any atom is 0.227 e. The summed E-state index contributed by atoms with van der Waals surface area (Å²) in [6.07, 6.45) is 5.39. The quantitative estimate of drug-likeness (QED) is 0.877. The van der Waals surface area contributed by atoms with Crippen LogP contribution in [0.5, 0.6) is 0 Å². The van der Waals surface area contributed by atoms with Gasteiger partial charge >= 0.3 is 0 Å². The highest BCUT2D eigenvalue weighted by Gasteiger charge is 2.22. The largest absolute Gasteiger partial charge is 0.355 e. The number of carbonyl (C=O) groups is 1. The summed E-state index contributed by atoms with van der Waals surface area (Å²) in [6, 6.07) is 10.4. The fourth-order valence-corrected chi connectivity index (χ4v) is 3.14. The lowest BCUT2D eigenvalue weighted by atomic mass is 9.86. The van der Waals surface area contributed by atoms with E-state index in [1.807, 2.05) is 30.3 Å². The molecule has 118 valence electrons. The van der Waals surface area contributed by atoms with Gasteiger partial charge in [0.2, 0.25) is 5.91 Å². The van der Waals surface area contributed by atoms with Gasteiger partial charge in [0.15, 0.2) is 0 Å². The molecule has 3 nitrogen and oxygen atoms in total. The van der Waals surface area contributed by atoms with E-state index >= 15 is 0 Å². The van der Waals surface area contributed by atoms with E-state index in [0.717, 1.165) is 31.4 Å². The van der Waals surface area contributed by atoms with Crippen molar-refractivity contribution in [3.05, 3.63) is 35.9 Å². The summed E-state index contributed by atoms with van der Waals surface area (Å²) in [6.45, 7) is 2.84. The van der Waals surface area contributed by atoms with Crippen LogP contribution in [0, 0.1) is 5.92 Å². The average Bonchev–Trinajstić information content (AvgIpc) is 2.47. The molecule has 21 heavy (non-hydrogen) atoms. The van der Waals surface area contributed by atoms with Crippen LogP contribution in [0.15, 0.2) is 30.3 Å². The number of carbonyl (C=O) groups excluding carboxylic acids is 1. The molecule has 0 spiro atoms. The monoisotopic (exact) mass is 310 g/mol. The van der Waals surface area contributed by atoms with E-state index in [0.29, 0.717) is 12.0 Å². The minimum Gasteiger partial charge on any atom is -0.355 e. The van der Waals surface area contributed by atoms with Gasteiger partial charge in [0, 0.05) is 12.6 Å². The molecule has 4 heteroatoms. The van der Waals surface area contributed by atoms with Crippen molar-refractivity contribution in [1.82, 2.24) is 5.32 Å². The van der Waals surface area contributed by atoms with Crippen molar-refractivity contribution in [2.24, 2.45) is 11.7 Å². The molecule has 0 radical (unpaired) electrons. The molecule has 1 fully saturated rings. The second kappa shape index (κ2) is 9.06. The second-order valence-electron chi connectivity index (χ2n) is 5.91. The van der Waals surface area contributed by atoms with Crippen LogP contribution in [-0.2, 0) is 4.79 Å². The van der Waals surface area contributed by atoms with Crippen molar-refractivity contribution in [1.29, 1.82) is 0 Å². The number of benzene rings is 1. The molecule has 1 aromatic rings. The number of hydrogen-bond donors (Lipinski definition) is 2. The summed E-state index contributed by atoms with van der Waals surface area (Å²) in [7, 11) is 0. The Morgan fingerprint density at radius 1 is 1.33 bits per heavy atom. The van der Waals surface area contributed by atoms with Gasteiger partial charge in [-0.1, -0.05) is 43.7 Å². The number of rotatable bonds is 5. The van der Waals surface area contributed by atoms with E-state index < -0.39 is 0 Å². The number of halogens is 1. The highest BCUT2D eigenvalue weighted by atomic mass is 35.5. The molecule has 0 aromatic heterocycles. The van der Waals surface area contributed by atoms with Crippen molar-refractivity contribution in [2.45, 2.75) is 51.0 Å². The lowest BCUT2D eigenvalue weighted by Crippen LogP contribution is -2.37. The summed E-state index contributed by atoms with van der Waals surface area (Å²) >= 11 is 0. The lowest BCUT2D eigenvalue weighted by Gasteiger charge is -2.27. The predicted molar refractivity (Wildman–Crippen MR) is 89.7 cm³/mol. The Morgan fingerprint density at radius 3 is 2.67 bits per heavy atom. The van der Waals surface area contributed by atoms with Crippen LogP contribution >= 0.6 is 12.4 Å². The Balaban J connectivity index is 0.00000220. The van der Waals surface area contributed by atoms with Gasteiger partial charge in [-0.3, -0.25) is 4.79 Å². The molecule has 2 rings (SSSR count). The van der Waals surface area contributed by atoms with Gasteiger partial charge in [0.25, 0.3) is 0 Å². The summed E-state index contributed by atoms with van der Waals surface area (Å²) in [4.78, 5) is 12.4. The maximum absolute atomic E-state index is 12.4. The Hall–Kier alpha value is -1.06. The van der Waals surface area contributed by atoms with Crippen LogP contribution in [0.1, 0.15) is 50.5 Å². The number of hydrogen-bond acceptors (Lipinski definition) is 2. The first kappa shape index (κ1) is 18.0. The lowest BCUT2D eigenvalue weighted by molar-refractivity contribution is -0.122. The molecule has 3 N–H and O–H groups in total. The topological polar surface area (TPSA) is 55.1 Å². The maximum atomic E-state index is 12.4. The Bertz CT molecular complexity index is 424. The standard InChI is InChI=1S/C17H26N2O.ClH/c1-2-16(14-8-4-3-5-9-14)17(20)19-12-13-7-6-10-15(18)11-13;/h3-5,8-9,13,15-16H,2,6-7,10-12,18H2,1H3,(H,19,20);1H. The second-order valence-corrected chi connectivity index (χ2v) is 5.91. The predicted octanol–water partition coefficient (Wildman–Crippen LogP) is 3.24. The molecule has 1 aromatic carbocycles. The normalized spacial score (nSPS) is 23.0. The van der Waals surface area contributed by atoms with E-state index in [9.17, 15) is 4.79 Å². The van der Waals surface area contributed by atoms with Crippen molar-refractivity contribution in [3.63, 3.8) is 0 Å². The van der Waals surface area contributed by atoms with E-state index in [1.54, 1.807) is 0 Å². The molecule has 0 saturated heterocycles. The Labute approximate surface area is 134 Å². The van der Waals surface area contributed by atoms with Gasteiger partial charge in [-0.2, -0.15) is 0 Å². The van der Waals surface area contributed by atoms with Crippen LogP contribution in [0.4, 0.5) is 0 Å². The first-order valence-corrected chi connectivity index (χ1v) is 7.79. The fraction of sp³-hybridized carbons (Fsp3) is 0.588. The zero-order valence-electron chi connectivity index (χ0n) is 12.8. The molecule has 1 amide bonds. The summed E-state index contributed by atoms with van der Waals surface area (Å²) in [5.74, 6) is 0.669. The minimum atomic E-state index is -0.0338. The van der Waals surface area contributed by atoms with Gasteiger partial charge in [-0.15, -0.1) is 12.4 Å². The third-order valence-electron chi connectivity index (χ3n) is 4.32. The van der Waals surface area contributed by atoms with Crippen molar-refractivity contribution >= 4 is 18.3 Å². The average molecular weight is 311 g/mol. The SMILES string of the molecule is CCC(C(=O)NCC1CCCC(N)C1)c1ccccc1.Cl. The van der Waals surface area contributed by atoms with Crippen molar-refractivity contribution < 1.29 is 4.79 Å². The highest BCUT2D eigenvalue weighted by Crippen LogP contribution is 2.23. The molecule has 0 bridgehead atoms. The summed E-state index contributed by atoms with van der Waals surface area (Å²) < 4.78 is 0. The zero-order chi connectivity index (χ0) is 14.4. The summed E-state index contributed by atoms with van der Waals surface area (Å²) in [5.41, 5.74) is 7.10. The first-order chi connectivity index (χ1) is 9.70. The molecule has 3 unspecified atom stereocenters. The Kier molecular flexibility index (Phi) is 7.76. The van der Waals surface area contributed by atoms with E-state index in [4.69, 9.17) is 5.73 Å². The third kappa shape index (κ3) is 5.33. The van der Waals surface area contributed by atoms with Crippen LogP contribution in [0.25, 0.3) is 0 Å². The highest BCUT2D eigenvalue weighted by molar-refractivity contribution is 5.85. The van der Waals surface area contributed by atoms with Crippen LogP contribution in [0.2, 0.25) is 0 Å². The molecule has 1 aliphatic rings. The van der Waals surface area contributed by atoms with Gasteiger partial charge in [0.05, 0.1) is 5.92 Å². The molecule has 1 aliphatic carbocycles. The zero-order valence-corrected chi connectivity index (χ0v) is 13.6. The number of nitrogens with two attached hydrogens (primary N) is 1. The van der Waals surface area contributed by atoms with Gasteiger partial charge in [0.1, 0.15) is 0 Å². The molecule has 3 atom stereocenters. The van der Waals surface area contributed by atoms with E-state index in [1.165, 1.54) is 12.8 Å². The molecule has 0 aliphatic heterocycles. The van der Waals surface area contributed by atoms with Crippen LogP contribution in [-0.4, -0.2) is 18.5 Å². The summed E-state index contributed by atoms with van der Waals surface area (Å²) in [5, 5.41) is 3.13.